The topological polar surface area (TPSA) is 17.8 Å². The molecule has 0 aliphatic carbocycles. The maximum Gasteiger partial charge on any atom is 0.125 e. The van der Waals surface area contributed by atoms with E-state index in [-0.39, 0.29) is 5.82 Å². The van der Waals surface area contributed by atoms with Gasteiger partial charge in [-0.3, -0.25) is 0 Å². The van der Waals surface area contributed by atoms with Crippen molar-refractivity contribution in [3.8, 4) is 0 Å². The molecule has 2 nitrogen and oxygen atoms in total. The van der Waals surface area contributed by atoms with E-state index in [4.69, 9.17) is 23.2 Å². The molecule has 1 heterocycles. The van der Waals surface area contributed by atoms with Crippen molar-refractivity contribution in [1.82, 2.24) is 9.55 Å². The van der Waals surface area contributed by atoms with Crippen LogP contribution in [-0.2, 0) is 12.4 Å². The Kier molecular flexibility index (Phi) is 3.64. The minimum atomic E-state index is -0.242. The summed E-state index contributed by atoms with van der Waals surface area (Å²) < 4.78 is 15.0. The van der Waals surface area contributed by atoms with Crippen molar-refractivity contribution >= 4 is 34.2 Å². The zero-order valence-electron chi connectivity index (χ0n) is 10.5. The molecule has 0 atom stereocenters. The summed E-state index contributed by atoms with van der Waals surface area (Å²) in [4.78, 5) is 4.48. The van der Waals surface area contributed by atoms with E-state index in [1.54, 1.807) is 12.1 Å². The number of halogens is 3. The number of hydrogen-bond donors (Lipinski definition) is 0. The first-order valence-corrected chi connectivity index (χ1v) is 7.03. The summed E-state index contributed by atoms with van der Waals surface area (Å²) in [7, 11) is 0. The molecule has 0 bridgehead atoms. The summed E-state index contributed by atoms with van der Waals surface area (Å²) in [6.07, 6.45) is 0. The molecule has 0 aliphatic rings. The van der Waals surface area contributed by atoms with Gasteiger partial charge in [0.15, 0.2) is 0 Å². The van der Waals surface area contributed by atoms with E-state index in [0.29, 0.717) is 17.4 Å². The maximum absolute atomic E-state index is 13.0. The quantitative estimate of drug-likeness (QED) is 0.646. The highest BCUT2D eigenvalue weighted by atomic mass is 35.5. The van der Waals surface area contributed by atoms with Crippen molar-refractivity contribution in [2.45, 2.75) is 12.4 Å². The van der Waals surface area contributed by atoms with Crippen LogP contribution in [0.15, 0.2) is 42.5 Å². The van der Waals surface area contributed by atoms with Crippen molar-refractivity contribution in [2.75, 3.05) is 0 Å². The molecule has 20 heavy (non-hydrogen) atoms. The molecule has 0 aliphatic heterocycles. The fraction of sp³-hybridized carbons (Fsp3) is 0.133. The fourth-order valence-corrected chi connectivity index (χ4v) is 2.57. The number of imidazole rings is 1. The van der Waals surface area contributed by atoms with E-state index in [1.165, 1.54) is 12.1 Å². The van der Waals surface area contributed by atoms with Crippen LogP contribution in [0.2, 0.25) is 5.02 Å². The third-order valence-corrected chi connectivity index (χ3v) is 3.64. The summed E-state index contributed by atoms with van der Waals surface area (Å²) >= 11 is 11.9. The van der Waals surface area contributed by atoms with Crippen molar-refractivity contribution in [3.63, 3.8) is 0 Å². The number of rotatable bonds is 3. The Bertz CT molecular complexity index is 750. The van der Waals surface area contributed by atoms with Crippen molar-refractivity contribution < 1.29 is 4.39 Å². The van der Waals surface area contributed by atoms with Gasteiger partial charge in [0, 0.05) is 11.6 Å². The smallest absolute Gasteiger partial charge is 0.125 e. The third-order valence-electron chi connectivity index (χ3n) is 3.16. The Balaban J connectivity index is 2.07. The summed E-state index contributed by atoms with van der Waals surface area (Å²) in [5.74, 6) is 0.842. The van der Waals surface area contributed by atoms with Crippen LogP contribution in [-0.4, -0.2) is 9.55 Å². The van der Waals surface area contributed by atoms with E-state index in [0.717, 1.165) is 22.4 Å². The number of fused-ring (bicyclic) bond motifs is 1. The van der Waals surface area contributed by atoms with Gasteiger partial charge in [0.05, 0.1) is 16.9 Å². The van der Waals surface area contributed by atoms with Crippen molar-refractivity contribution in [3.05, 3.63) is 64.7 Å². The van der Waals surface area contributed by atoms with E-state index >= 15 is 0 Å². The molecule has 2 aromatic carbocycles. The largest absolute Gasteiger partial charge is 0.322 e. The van der Waals surface area contributed by atoms with Gasteiger partial charge >= 0.3 is 0 Å². The van der Waals surface area contributed by atoms with Gasteiger partial charge in [-0.25, -0.2) is 9.37 Å². The number of alkyl halides is 1. The second-order valence-electron chi connectivity index (χ2n) is 4.51. The minimum absolute atomic E-state index is 0.242. The molecule has 0 saturated heterocycles. The molecule has 0 fully saturated rings. The van der Waals surface area contributed by atoms with E-state index in [2.05, 4.69) is 4.98 Å². The van der Waals surface area contributed by atoms with Crippen LogP contribution in [0.25, 0.3) is 11.0 Å². The second kappa shape index (κ2) is 5.43. The van der Waals surface area contributed by atoms with Crippen LogP contribution < -0.4 is 0 Å². The molecule has 0 amide bonds. The third kappa shape index (κ3) is 2.51. The molecule has 3 rings (SSSR count). The molecule has 0 unspecified atom stereocenters. The summed E-state index contributed by atoms with van der Waals surface area (Å²) in [5.41, 5.74) is 2.77. The predicted molar refractivity (Wildman–Crippen MR) is 79.8 cm³/mol. The molecular formula is C15H11Cl2FN2. The van der Waals surface area contributed by atoms with Gasteiger partial charge in [-0.15, -0.1) is 11.6 Å². The van der Waals surface area contributed by atoms with E-state index in [9.17, 15) is 4.39 Å². The van der Waals surface area contributed by atoms with Gasteiger partial charge in [-0.1, -0.05) is 23.7 Å². The first-order valence-electron chi connectivity index (χ1n) is 6.12. The lowest BCUT2D eigenvalue weighted by atomic mass is 10.2. The lowest BCUT2D eigenvalue weighted by molar-refractivity contribution is 0.626. The minimum Gasteiger partial charge on any atom is -0.322 e. The van der Waals surface area contributed by atoms with Gasteiger partial charge in [0.2, 0.25) is 0 Å². The Morgan fingerprint density at radius 2 is 1.85 bits per heavy atom. The van der Waals surface area contributed by atoms with Gasteiger partial charge in [0.25, 0.3) is 0 Å². The SMILES string of the molecule is Fc1ccc(Cn2c(CCl)nc3cc(Cl)ccc32)cc1. The van der Waals surface area contributed by atoms with E-state index in [1.807, 2.05) is 22.8 Å². The summed E-state index contributed by atoms with van der Waals surface area (Å²) in [6.45, 7) is 0.598. The Labute approximate surface area is 125 Å². The average Bonchev–Trinajstić information content (AvgIpc) is 2.78. The Morgan fingerprint density at radius 3 is 2.55 bits per heavy atom. The first-order chi connectivity index (χ1) is 9.67. The van der Waals surface area contributed by atoms with Crippen LogP contribution >= 0.6 is 23.2 Å². The predicted octanol–water partition coefficient (Wildman–Crippen LogP) is 4.62. The number of hydrogen-bond acceptors (Lipinski definition) is 1. The Morgan fingerprint density at radius 1 is 1.10 bits per heavy atom. The number of benzene rings is 2. The molecule has 102 valence electrons. The molecule has 0 radical (unpaired) electrons. The standard InChI is InChI=1S/C15H11Cl2FN2/c16-8-15-19-13-7-11(17)3-6-14(13)20(15)9-10-1-4-12(18)5-2-10/h1-7H,8-9H2. The van der Waals surface area contributed by atoms with Gasteiger partial charge < -0.3 is 4.57 Å². The fourth-order valence-electron chi connectivity index (χ4n) is 2.20. The monoisotopic (exact) mass is 308 g/mol. The van der Waals surface area contributed by atoms with E-state index < -0.39 is 0 Å². The lowest BCUT2D eigenvalue weighted by Gasteiger charge is -2.08. The molecular weight excluding hydrogens is 298 g/mol. The number of nitrogens with zero attached hydrogens (tertiary/aromatic N) is 2. The highest BCUT2D eigenvalue weighted by molar-refractivity contribution is 6.31. The molecule has 3 aromatic rings. The zero-order chi connectivity index (χ0) is 14.1. The first kappa shape index (κ1) is 13.4. The average molecular weight is 309 g/mol. The zero-order valence-corrected chi connectivity index (χ0v) is 12.0. The highest BCUT2D eigenvalue weighted by Crippen LogP contribution is 2.22. The van der Waals surface area contributed by atoms with Crippen LogP contribution in [0.3, 0.4) is 0 Å². The lowest BCUT2D eigenvalue weighted by Crippen LogP contribution is -2.03. The van der Waals surface area contributed by atoms with Gasteiger partial charge in [-0.2, -0.15) is 0 Å². The normalized spacial score (nSPS) is 11.2. The van der Waals surface area contributed by atoms with Crippen LogP contribution in [0.4, 0.5) is 4.39 Å². The summed E-state index contributed by atoms with van der Waals surface area (Å²) in [6, 6.07) is 12.0. The number of aromatic nitrogens is 2. The molecule has 1 aromatic heterocycles. The van der Waals surface area contributed by atoms with Crippen molar-refractivity contribution in [1.29, 1.82) is 0 Å². The molecule has 0 saturated carbocycles. The maximum atomic E-state index is 13.0. The van der Waals surface area contributed by atoms with Gasteiger partial charge in [0.1, 0.15) is 11.6 Å². The molecule has 0 N–H and O–H groups in total. The second-order valence-corrected chi connectivity index (χ2v) is 5.21. The van der Waals surface area contributed by atoms with Crippen molar-refractivity contribution in [2.24, 2.45) is 0 Å². The van der Waals surface area contributed by atoms with Gasteiger partial charge in [-0.05, 0) is 35.9 Å². The van der Waals surface area contributed by atoms with Crippen LogP contribution in [0, 0.1) is 5.82 Å². The van der Waals surface area contributed by atoms with Crippen LogP contribution in [0.5, 0.6) is 0 Å². The summed E-state index contributed by atoms with van der Waals surface area (Å²) in [5, 5.41) is 0.644. The Hall–Kier alpha value is -1.58. The van der Waals surface area contributed by atoms with Crippen LogP contribution in [0.1, 0.15) is 11.4 Å². The molecule has 5 heteroatoms. The molecule has 0 spiro atoms. The highest BCUT2D eigenvalue weighted by Gasteiger charge is 2.10.